The van der Waals surface area contributed by atoms with Crippen LogP contribution in [0.15, 0.2) is 42.5 Å². The van der Waals surface area contributed by atoms with E-state index in [4.69, 9.17) is 15.2 Å². The molecule has 124 valence electrons. The first-order valence-corrected chi connectivity index (χ1v) is 7.57. The van der Waals surface area contributed by atoms with Crippen molar-refractivity contribution >= 4 is 11.4 Å². The molecule has 5 heteroatoms. The summed E-state index contributed by atoms with van der Waals surface area (Å²) in [7, 11) is 3.38. The van der Waals surface area contributed by atoms with E-state index >= 15 is 0 Å². The molecule has 2 aromatic carbocycles. The Morgan fingerprint density at radius 1 is 1.00 bits per heavy atom. The Hall–Kier alpha value is -2.24. The average Bonchev–Trinajstić information content (AvgIpc) is 2.56. The Labute approximate surface area is 137 Å². The quantitative estimate of drug-likeness (QED) is 0.733. The van der Waals surface area contributed by atoms with Gasteiger partial charge in [-0.1, -0.05) is 12.1 Å². The Bertz CT molecular complexity index is 623. The van der Waals surface area contributed by atoms with Gasteiger partial charge in [-0.3, -0.25) is 0 Å². The standard InChI is InChI=1S/C18H24N2O3/c1-22-10-8-20(9-11-23-2)15-6-7-18(19)17(13-15)14-4-3-5-16(21)12-14/h3-7,12-13,21H,8-11,19H2,1-2H3. The molecule has 0 saturated heterocycles. The van der Waals surface area contributed by atoms with Crippen LogP contribution in [0.5, 0.6) is 5.75 Å². The molecule has 2 aromatic rings. The minimum absolute atomic E-state index is 0.225. The number of nitrogens with two attached hydrogens (primary N) is 1. The second-order valence-electron chi connectivity index (χ2n) is 5.29. The van der Waals surface area contributed by atoms with Gasteiger partial charge in [0.15, 0.2) is 0 Å². The maximum atomic E-state index is 9.69. The van der Waals surface area contributed by atoms with E-state index in [1.165, 1.54) is 0 Å². The molecule has 0 aliphatic rings. The fourth-order valence-electron chi connectivity index (χ4n) is 2.44. The van der Waals surface area contributed by atoms with Gasteiger partial charge < -0.3 is 25.2 Å². The number of phenolic OH excluding ortho intramolecular Hbond substituents is 1. The molecule has 0 radical (unpaired) electrons. The normalized spacial score (nSPS) is 10.7. The van der Waals surface area contributed by atoms with E-state index in [9.17, 15) is 5.11 Å². The predicted molar refractivity (Wildman–Crippen MR) is 93.9 cm³/mol. The number of hydrogen-bond acceptors (Lipinski definition) is 5. The average molecular weight is 316 g/mol. The molecule has 5 nitrogen and oxygen atoms in total. The largest absolute Gasteiger partial charge is 0.508 e. The number of hydrogen-bond donors (Lipinski definition) is 2. The van der Waals surface area contributed by atoms with Crippen molar-refractivity contribution in [1.82, 2.24) is 0 Å². The van der Waals surface area contributed by atoms with E-state index in [1.54, 1.807) is 26.4 Å². The Morgan fingerprint density at radius 2 is 1.70 bits per heavy atom. The summed E-state index contributed by atoms with van der Waals surface area (Å²) in [6, 6.07) is 13.0. The van der Waals surface area contributed by atoms with Gasteiger partial charge in [-0.15, -0.1) is 0 Å². The van der Waals surface area contributed by atoms with Crippen LogP contribution >= 0.6 is 0 Å². The molecular formula is C18H24N2O3. The zero-order valence-corrected chi connectivity index (χ0v) is 13.7. The van der Waals surface area contributed by atoms with Crippen molar-refractivity contribution < 1.29 is 14.6 Å². The molecule has 0 aliphatic heterocycles. The lowest BCUT2D eigenvalue weighted by Gasteiger charge is -2.25. The van der Waals surface area contributed by atoms with Gasteiger partial charge in [0.05, 0.1) is 13.2 Å². The fraction of sp³-hybridized carbons (Fsp3) is 0.333. The third-order valence-corrected chi connectivity index (χ3v) is 3.69. The number of anilines is 2. The zero-order valence-electron chi connectivity index (χ0n) is 13.7. The first kappa shape index (κ1) is 17.1. The molecule has 3 N–H and O–H groups in total. The van der Waals surface area contributed by atoms with Crippen LogP contribution in [0.25, 0.3) is 11.1 Å². The lowest BCUT2D eigenvalue weighted by atomic mass is 10.0. The summed E-state index contributed by atoms with van der Waals surface area (Å²) in [6.07, 6.45) is 0. The Kier molecular flexibility index (Phi) is 6.26. The highest BCUT2D eigenvalue weighted by Crippen LogP contribution is 2.32. The lowest BCUT2D eigenvalue weighted by molar-refractivity contribution is 0.190. The highest BCUT2D eigenvalue weighted by molar-refractivity contribution is 5.80. The van der Waals surface area contributed by atoms with Crippen molar-refractivity contribution in [2.75, 3.05) is 51.2 Å². The Morgan fingerprint density at radius 3 is 2.30 bits per heavy atom. The molecule has 0 amide bonds. The topological polar surface area (TPSA) is 68.0 Å². The SMILES string of the molecule is COCCN(CCOC)c1ccc(N)c(-c2cccc(O)c2)c1. The predicted octanol–water partition coefficient (Wildman–Crippen LogP) is 2.74. The number of nitrogens with zero attached hydrogens (tertiary/aromatic N) is 1. The van der Waals surface area contributed by atoms with Crippen LogP contribution in [0, 0.1) is 0 Å². The summed E-state index contributed by atoms with van der Waals surface area (Å²) in [5, 5.41) is 9.69. The van der Waals surface area contributed by atoms with Crippen LogP contribution < -0.4 is 10.6 Å². The molecule has 0 heterocycles. The third-order valence-electron chi connectivity index (χ3n) is 3.69. The van der Waals surface area contributed by atoms with Crippen molar-refractivity contribution in [2.45, 2.75) is 0 Å². The van der Waals surface area contributed by atoms with Crippen LogP contribution in [0.2, 0.25) is 0 Å². The molecule has 0 spiro atoms. The summed E-state index contributed by atoms with van der Waals surface area (Å²) >= 11 is 0. The second kappa shape index (κ2) is 8.41. The monoisotopic (exact) mass is 316 g/mol. The summed E-state index contributed by atoms with van der Waals surface area (Å²) < 4.78 is 10.4. The Balaban J connectivity index is 2.33. The maximum absolute atomic E-state index is 9.69. The van der Waals surface area contributed by atoms with Gasteiger partial charge in [0.25, 0.3) is 0 Å². The molecule has 0 atom stereocenters. The summed E-state index contributed by atoms with van der Waals surface area (Å²) in [6.45, 7) is 2.80. The zero-order chi connectivity index (χ0) is 16.7. The third kappa shape index (κ3) is 4.61. The van der Waals surface area contributed by atoms with E-state index in [0.717, 1.165) is 29.9 Å². The lowest BCUT2D eigenvalue weighted by Crippen LogP contribution is -2.30. The van der Waals surface area contributed by atoms with Crippen molar-refractivity contribution in [3.05, 3.63) is 42.5 Å². The smallest absolute Gasteiger partial charge is 0.116 e. The van der Waals surface area contributed by atoms with Crippen LogP contribution in [-0.4, -0.2) is 45.6 Å². The molecule has 23 heavy (non-hydrogen) atoms. The summed E-state index contributed by atoms with van der Waals surface area (Å²) in [4.78, 5) is 2.19. The van der Waals surface area contributed by atoms with Crippen molar-refractivity contribution in [3.63, 3.8) is 0 Å². The van der Waals surface area contributed by atoms with Crippen LogP contribution in [0.3, 0.4) is 0 Å². The van der Waals surface area contributed by atoms with Crippen LogP contribution in [-0.2, 0) is 9.47 Å². The number of aromatic hydroxyl groups is 1. The van der Waals surface area contributed by atoms with E-state index in [-0.39, 0.29) is 5.75 Å². The van der Waals surface area contributed by atoms with Gasteiger partial charge in [0.2, 0.25) is 0 Å². The molecule has 0 unspecified atom stereocenters. The van der Waals surface area contributed by atoms with E-state index < -0.39 is 0 Å². The highest BCUT2D eigenvalue weighted by atomic mass is 16.5. The summed E-state index contributed by atoms with van der Waals surface area (Å²) in [5.74, 6) is 0.225. The number of benzene rings is 2. The summed E-state index contributed by atoms with van der Waals surface area (Å²) in [5.41, 5.74) is 9.64. The van der Waals surface area contributed by atoms with E-state index in [0.29, 0.717) is 18.9 Å². The molecule has 0 fully saturated rings. The number of nitrogen functional groups attached to an aromatic ring is 1. The number of phenols is 1. The van der Waals surface area contributed by atoms with Gasteiger partial charge in [0, 0.05) is 44.2 Å². The van der Waals surface area contributed by atoms with Crippen molar-refractivity contribution in [2.24, 2.45) is 0 Å². The first-order valence-electron chi connectivity index (χ1n) is 7.57. The van der Waals surface area contributed by atoms with Crippen molar-refractivity contribution in [1.29, 1.82) is 0 Å². The number of ether oxygens (including phenoxy) is 2. The molecule has 2 rings (SSSR count). The second-order valence-corrected chi connectivity index (χ2v) is 5.29. The van der Waals surface area contributed by atoms with Crippen molar-refractivity contribution in [3.8, 4) is 16.9 Å². The fourth-order valence-corrected chi connectivity index (χ4v) is 2.44. The van der Waals surface area contributed by atoms with Crippen LogP contribution in [0.1, 0.15) is 0 Å². The van der Waals surface area contributed by atoms with Gasteiger partial charge >= 0.3 is 0 Å². The highest BCUT2D eigenvalue weighted by Gasteiger charge is 2.10. The van der Waals surface area contributed by atoms with Gasteiger partial charge in [-0.25, -0.2) is 0 Å². The molecule has 0 aromatic heterocycles. The molecule has 0 bridgehead atoms. The van der Waals surface area contributed by atoms with Gasteiger partial charge in [0.1, 0.15) is 5.75 Å². The van der Waals surface area contributed by atoms with Crippen LogP contribution in [0.4, 0.5) is 11.4 Å². The first-order chi connectivity index (χ1) is 11.2. The minimum Gasteiger partial charge on any atom is -0.508 e. The van der Waals surface area contributed by atoms with E-state index in [2.05, 4.69) is 4.90 Å². The minimum atomic E-state index is 0.225. The molecule has 0 saturated carbocycles. The van der Waals surface area contributed by atoms with Gasteiger partial charge in [-0.05, 0) is 35.9 Å². The number of rotatable bonds is 8. The molecular weight excluding hydrogens is 292 g/mol. The number of methoxy groups -OCH3 is 2. The molecule has 0 aliphatic carbocycles. The maximum Gasteiger partial charge on any atom is 0.116 e. The van der Waals surface area contributed by atoms with E-state index in [1.807, 2.05) is 30.3 Å². The van der Waals surface area contributed by atoms with Gasteiger partial charge in [-0.2, -0.15) is 0 Å².